The van der Waals surface area contributed by atoms with Crippen LogP contribution < -0.4 is 5.32 Å². The number of anilines is 1. The third kappa shape index (κ3) is 4.05. The number of urea groups is 1. The number of benzene rings is 1. The van der Waals surface area contributed by atoms with Gasteiger partial charge in [0.1, 0.15) is 5.82 Å². The normalized spacial score (nSPS) is 18.4. The van der Waals surface area contributed by atoms with Gasteiger partial charge in [0.2, 0.25) is 0 Å². The molecule has 0 aliphatic carbocycles. The standard InChI is InChI=1S/C13H14ClFN2O4/c14-9-2-1-3-10(15)12(9)16-13(20)17-4-5-21-8(7-17)6-11(18)19/h1-3,8H,4-7H2,(H,16,20)(H,18,19). The summed E-state index contributed by atoms with van der Waals surface area (Å²) in [6.45, 7) is 0.661. The fourth-order valence-electron chi connectivity index (χ4n) is 2.03. The number of hydrogen-bond acceptors (Lipinski definition) is 3. The zero-order valence-corrected chi connectivity index (χ0v) is 11.8. The fourth-order valence-corrected chi connectivity index (χ4v) is 2.24. The second-order valence-electron chi connectivity index (χ2n) is 4.56. The minimum atomic E-state index is -1.00. The molecule has 0 aromatic heterocycles. The summed E-state index contributed by atoms with van der Waals surface area (Å²) in [6, 6.07) is 3.55. The van der Waals surface area contributed by atoms with E-state index >= 15 is 0 Å². The Hall–Kier alpha value is -1.86. The molecule has 1 heterocycles. The van der Waals surface area contributed by atoms with Crippen molar-refractivity contribution in [3.8, 4) is 0 Å². The van der Waals surface area contributed by atoms with Crippen LogP contribution in [0, 0.1) is 5.82 Å². The number of ether oxygens (including phenoxy) is 1. The highest BCUT2D eigenvalue weighted by Crippen LogP contribution is 2.25. The molecule has 6 nitrogen and oxygen atoms in total. The summed E-state index contributed by atoms with van der Waals surface area (Å²) in [6.07, 6.45) is -0.761. The highest BCUT2D eigenvalue weighted by atomic mass is 35.5. The van der Waals surface area contributed by atoms with E-state index in [4.69, 9.17) is 21.4 Å². The van der Waals surface area contributed by atoms with Crippen LogP contribution in [-0.4, -0.2) is 47.8 Å². The molecule has 1 aromatic rings. The second-order valence-corrected chi connectivity index (χ2v) is 4.97. The average molecular weight is 317 g/mol. The Morgan fingerprint density at radius 2 is 2.29 bits per heavy atom. The van der Waals surface area contributed by atoms with E-state index in [0.29, 0.717) is 6.54 Å². The number of carboxylic acids is 1. The number of aliphatic carboxylic acids is 1. The van der Waals surface area contributed by atoms with E-state index < -0.39 is 23.9 Å². The first-order valence-corrected chi connectivity index (χ1v) is 6.68. The Morgan fingerprint density at radius 3 is 2.95 bits per heavy atom. The van der Waals surface area contributed by atoms with Crippen LogP contribution in [0.3, 0.4) is 0 Å². The Morgan fingerprint density at radius 1 is 1.52 bits per heavy atom. The van der Waals surface area contributed by atoms with Crippen LogP contribution >= 0.6 is 11.6 Å². The van der Waals surface area contributed by atoms with E-state index in [9.17, 15) is 14.0 Å². The molecule has 1 atom stereocenters. The molecule has 2 amide bonds. The number of nitrogens with one attached hydrogen (secondary N) is 1. The summed E-state index contributed by atoms with van der Waals surface area (Å²) >= 11 is 5.83. The van der Waals surface area contributed by atoms with Gasteiger partial charge in [-0.15, -0.1) is 0 Å². The second kappa shape index (κ2) is 6.73. The van der Waals surface area contributed by atoms with Gasteiger partial charge in [0.15, 0.2) is 0 Å². The zero-order chi connectivity index (χ0) is 15.4. The number of morpholine rings is 1. The molecule has 0 radical (unpaired) electrons. The monoisotopic (exact) mass is 316 g/mol. The Kier molecular flexibility index (Phi) is 4.98. The molecule has 1 aromatic carbocycles. The Bertz CT molecular complexity index is 535. The van der Waals surface area contributed by atoms with Crippen molar-refractivity contribution < 1.29 is 23.8 Å². The van der Waals surface area contributed by atoms with Gasteiger partial charge in [-0.25, -0.2) is 9.18 Å². The molecule has 1 saturated heterocycles. The predicted octanol–water partition coefficient (Wildman–Crippen LogP) is 2.19. The van der Waals surface area contributed by atoms with Crippen molar-refractivity contribution in [3.63, 3.8) is 0 Å². The minimum Gasteiger partial charge on any atom is -0.481 e. The molecule has 1 unspecified atom stereocenters. The van der Waals surface area contributed by atoms with Crippen LogP contribution in [0.4, 0.5) is 14.9 Å². The smallest absolute Gasteiger partial charge is 0.322 e. The van der Waals surface area contributed by atoms with Gasteiger partial charge < -0.3 is 20.1 Å². The van der Waals surface area contributed by atoms with Gasteiger partial charge in [-0.3, -0.25) is 4.79 Å². The van der Waals surface area contributed by atoms with Gasteiger partial charge in [0.05, 0.1) is 29.8 Å². The van der Waals surface area contributed by atoms with Gasteiger partial charge in [-0.2, -0.15) is 0 Å². The number of carbonyl (C=O) groups is 2. The molecule has 2 rings (SSSR count). The topological polar surface area (TPSA) is 78.9 Å². The fraction of sp³-hybridized carbons (Fsp3) is 0.385. The predicted molar refractivity (Wildman–Crippen MR) is 74.0 cm³/mol. The number of rotatable bonds is 3. The molecule has 21 heavy (non-hydrogen) atoms. The molecule has 0 bridgehead atoms. The molecule has 1 aliphatic heterocycles. The Labute approximate surface area is 125 Å². The molecule has 0 saturated carbocycles. The SMILES string of the molecule is O=C(O)CC1CN(C(=O)Nc2c(F)cccc2Cl)CCO1. The number of hydrogen-bond donors (Lipinski definition) is 2. The maximum Gasteiger partial charge on any atom is 0.322 e. The molecule has 114 valence electrons. The first kappa shape index (κ1) is 15.5. The van der Waals surface area contributed by atoms with Crippen LogP contribution in [-0.2, 0) is 9.53 Å². The number of amides is 2. The molecule has 8 heteroatoms. The van der Waals surface area contributed by atoms with Crippen molar-refractivity contribution in [1.82, 2.24) is 4.90 Å². The molecular weight excluding hydrogens is 303 g/mol. The number of nitrogens with zero attached hydrogens (tertiary/aromatic N) is 1. The minimum absolute atomic E-state index is 0.0922. The lowest BCUT2D eigenvalue weighted by molar-refractivity contribution is -0.141. The highest BCUT2D eigenvalue weighted by molar-refractivity contribution is 6.33. The van der Waals surface area contributed by atoms with Crippen molar-refractivity contribution in [2.24, 2.45) is 0 Å². The van der Waals surface area contributed by atoms with Crippen molar-refractivity contribution in [3.05, 3.63) is 29.0 Å². The lowest BCUT2D eigenvalue weighted by atomic mass is 10.2. The van der Waals surface area contributed by atoms with Gasteiger partial charge in [0, 0.05) is 13.1 Å². The number of para-hydroxylation sites is 1. The van der Waals surface area contributed by atoms with Crippen LogP contribution in [0.15, 0.2) is 18.2 Å². The molecule has 1 fully saturated rings. The molecule has 1 aliphatic rings. The van der Waals surface area contributed by atoms with Gasteiger partial charge >= 0.3 is 12.0 Å². The van der Waals surface area contributed by atoms with Crippen molar-refractivity contribution in [1.29, 1.82) is 0 Å². The van der Waals surface area contributed by atoms with E-state index in [1.54, 1.807) is 0 Å². The van der Waals surface area contributed by atoms with Crippen molar-refractivity contribution in [2.45, 2.75) is 12.5 Å². The summed E-state index contributed by atoms with van der Waals surface area (Å²) in [5, 5.41) is 11.2. The van der Waals surface area contributed by atoms with E-state index in [1.165, 1.54) is 23.1 Å². The lowest BCUT2D eigenvalue weighted by Gasteiger charge is -2.32. The van der Waals surface area contributed by atoms with Crippen molar-refractivity contribution >= 4 is 29.3 Å². The van der Waals surface area contributed by atoms with Crippen LogP contribution in [0.2, 0.25) is 5.02 Å². The third-order valence-corrected chi connectivity index (χ3v) is 3.34. The van der Waals surface area contributed by atoms with E-state index in [0.717, 1.165) is 0 Å². The first-order valence-electron chi connectivity index (χ1n) is 6.30. The van der Waals surface area contributed by atoms with Gasteiger partial charge in [0.25, 0.3) is 0 Å². The lowest BCUT2D eigenvalue weighted by Crippen LogP contribution is -2.48. The van der Waals surface area contributed by atoms with Gasteiger partial charge in [-0.1, -0.05) is 17.7 Å². The highest BCUT2D eigenvalue weighted by Gasteiger charge is 2.26. The van der Waals surface area contributed by atoms with E-state index in [-0.39, 0.29) is 30.3 Å². The first-order chi connectivity index (χ1) is 9.97. The average Bonchev–Trinajstić information content (AvgIpc) is 2.42. The van der Waals surface area contributed by atoms with Crippen LogP contribution in [0.5, 0.6) is 0 Å². The summed E-state index contributed by atoms with van der Waals surface area (Å²) < 4.78 is 18.9. The largest absolute Gasteiger partial charge is 0.481 e. The Balaban J connectivity index is 2.01. The van der Waals surface area contributed by atoms with Crippen LogP contribution in [0.25, 0.3) is 0 Å². The number of carboxylic acid groups (broad SMARTS) is 1. The molecule has 0 spiro atoms. The van der Waals surface area contributed by atoms with E-state index in [1.807, 2.05) is 0 Å². The number of halogens is 2. The molecular formula is C13H14ClFN2O4. The molecule has 2 N–H and O–H groups in total. The number of carbonyl (C=O) groups excluding carboxylic acids is 1. The summed E-state index contributed by atoms with van der Waals surface area (Å²) in [5.74, 6) is -1.63. The van der Waals surface area contributed by atoms with E-state index in [2.05, 4.69) is 5.32 Å². The summed E-state index contributed by atoms with van der Waals surface area (Å²) in [7, 11) is 0. The summed E-state index contributed by atoms with van der Waals surface area (Å²) in [5.41, 5.74) is -0.0922. The van der Waals surface area contributed by atoms with Crippen molar-refractivity contribution in [2.75, 3.05) is 25.0 Å². The maximum atomic E-state index is 13.6. The maximum absolute atomic E-state index is 13.6. The van der Waals surface area contributed by atoms with Gasteiger partial charge in [-0.05, 0) is 12.1 Å². The zero-order valence-electron chi connectivity index (χ0n) is 11.0. The van der Waals surface area contributed by atoms with Crippen LogP contribution in [0.1, 0.15) is 6.42 Å². The quantitative estimate of drug-likeness (QED) is 0.896. The summed E-state index contributed by atoms with van der Waals surface area (Å²) in [4.78, 5) is 24.1. The third-order valence-electron chi connectivity index (χ3n) is 3.02.